The SMILES string of the molecule is OCc1ccc(Sc2ccc3c(c2)OCCO3)cc1Cl. The summed E-state index contributed by atoms with van der Waals surface area (Å²) in [5.41, 5.74) is 0.734. The molecule has 0 saturated carbocycles. The normalized spacial score (nSPS) is 13.3. The number of benzene rings is 2. The summed E-state index contributed by atoms with van der Waals surface area (Å²) in [5, 5.41) is 9.69. The molecule has 1 N–H and O–H groups in total. The summed E-state index contributed by atoms with van der Waals surface area (Å²) in [7, 11) is 0. The first-order chi connectivity index (χ1) is 9.76. The van der Waals surface area contributed by atoms with Gasteiger partial charge >= 0.3 is 0 Å². The predicted molar refractivity (Wildman–Crippen MR) is 78.9 cm³/mol. The van der Waals surface area contributed by atoms with Gasteiger partial charge in [-0.25, -0.2) is 0 Å². The van der Waals surface area contributed by atoms with Crippen molar-refractivity contribution in [2.45, 2.75) is 16.4 Å². The number of fused-ring (bicyclic) bond motifs is 1. The van der Waals surface area contributed by atoms with Crippen LogP contribution < -0.4 is 9.47 Å². The Morgan fingerprint density at radius 1 is 1.00 bits per heavy atom. The van der Waals surface area contributed by atoms with E-state index in [4.69, 9.17) is 26.2 Å². The van der Waals surface area contributed by atoms with Crippen LogP contribution in [0.1, 0.15) is 5.56 Å². The minimum atomic E-state index is -0.0478. The quantitative estimate of drug-likeness (QED) is 0.937. The standard InChI is InChI=1S/C15H13ClO3S/c16-13-7-11(2-1-10(13)9-17)20-12-3-4-14-15(8-12)19-6-5-18-14/h1-4,7-8,17H,5-6,9H2. The average molecular weight is 309 g/mol. The molecule has 2 aromatic carbocycles. The third-order valence-electron chi connectivity index (χ3n) is 2.94. The van der Waals surface area contributed by atoms with E-state index < -0.39 is 0 Å². The van der Waals surface area contributed by atoms with Crippen molar-refractivity contribution < 1.29 is 14.6 Å². The lowest BCUT2D eigenvalue weighted by molar-refractivity contribution is 0.171. The van der Waals surface area contributed by atoms with Gasteiger partial charge in [0.15, 0.2) is 11.5 Å². The molecule has 0 fully saturated rings. The highest BCUT2D eigenvalue weighted by Gasteiger charge is 2.12. The summed E-state index contributed by atoms with van der Waals surface area (Å²) in [4.78, 5) is 2.07. The third kappa shape index (κ3) is 2.87. The lowest BCUT2D eigenvalue weighted by Gasteiger charge is -2.18. The van der Waals surface area contributed by atoms with Crippen molar-refractivity contribution in [3.63, 3.8) is 0 Å². The molecule has 1 aliphatic rings. The summed E-state index contributed by atoms with van der Waals surface area (Å²) in [6.45, 7) is 1.13. The summed E-state index contributed by atoms with van der Waals surface area (Å²) >= 11 is 7.69. The number of aliphatic hydroxyl groups is 1. The number of halogens is 1. The molecule has 2 aromatic rings. The van der Waals surface area contributed by atoms with E-state index >= 15 is 0 Å². The van der Waals surface area contributed by atoms with E-state index in [2.05, 4.69) is 0 Å². The molecular weight excluding hydrogens is 296 g/mol. The van der Waals surface area contributed by atoms with Crippen molar-refractivity contribution in [2.24, 2.45) is 0 Å². The van der Waals surface area contributed by atoms with Gasteiger partial charge in [-0.3, -0.25) is 0 Å². The van der Waals surface area contributed by atoms with Crippen LogP contribution in [0, 0.1) is 0 Å². The Labute approximate surface area is 126 Å². The number of rotatable bonds is 3. The van der Waals surface area contributed by atoms with Gasteiger partial charge < -0.3 is 14.6 Å². The minimum Gasteiger partial charge on any atom is -0.486 e. The highest BCUT2D eigenvalue weighted by Crippen LogP contribution is 2.37. The molecule has 0 radical (unpaired) electrons. The number of ether oxygens (including phenoxy) is 2. The van der Waals surface area contributed by atoms with Crippen molar-refractivity contribution in [1.29, 1.82) is 0 Å². The van der Waals surface area contributed by atoms with E-state index in [0.29, 0.717) is 18.2 Å². The van der Waals surface area contributed by atoms with Crippen molar-refractivity contribution in [3.05, 3.63) is 47.0 Å². The molecule has 104 valence electrons. The zero-order chi connectivity index (χ0) is 13.9. The maximum atomic E-state index is 9.11. The van der Waals surface area contributed by atoms with Gasteiger partial charge in [-0.15, -0.1) is 0 Å². The van der Waals surface area contributed by atoms with E-state index in [1.54, 1.807) is 11.8 Å². The van der Waals surface area contributed by atoms with Crippen LogP contribution in [0.2, 0.25) is 5.02 Å². The fraction of sp³-hybridized carbons (Fsp3) is 0.200. The fourth-order valence-electron chi connectivity index (χ4n) is 1.94. The van der Waals surface area contributed by atoms with E-state index in [0.717, 1.165) is 26.9 Å². The molecular formula is C15H13ClO3S. The zero-order valence-electron chi connectivity index (χ0n) is 10.6. The Balaban J connectivity index is 1.82. The van der Waals surface area contributed by atoms with E-state index in [1.807, 2.05) is 36.4 Å². The van der Waals surface area contributed by atoms with Crippen molar-refractivity contribution in [3.8, 4) is 11.5 Å². The molecule has 0 atom stereocenters. The van der Waals surface area contributed by atoms with Gasteiger partial charge in [0.25, 0.3) is 0 Å². The average Bonchev–Trinajstić information content (AvgIpc) is 2.47. The first kappa shape index (κ1) is 13.6. The van der Waals surface area contributed by atoms with Crippen molar-refractivity contribution in [2.75, 3.05) is 13.2 Å². The number of aliphatic hydroxyl groups excluding tert-OH is 1. The van der Waals surface area contributed by atoms with Crippen molar-refractivity contribution in [1.82, 2.24) is 0 Å². The Hall–Kier alpha value is -1.36. The van der Waals surface area contributed by atoms with Crippen LogP contribution in [0.15, 0.2) is 46.2 Å². The Bertz CT molecular complexity index is 631. The van der Waals surface area contributed by atoms with Gasteiger partial charge in [0, 0.05) is 14.8 Å². The number of hydrogen-bond acceptors (Lipinski definition) is 4. The molecule has 1 aliphatic heterocycles. The Morgan fingerprint density at radius 2 is 1.70 bits per heavy atom. The summed E-state index contributed by atoms with van der Waals surface area (Å²) in [5.74, 6) is 1.56. The van der Waals surface area contributed by atoms with E-state index in [9.17, 15) is 0 Å². The maximum absolute atomic E-state index is 9.11. The second kappa shape index (κ2) is 5.95. The molecule has 3 nitrogen and oxygen atoms in total. The summed E-state index contributed by atoms with van der Waals surface area (Å²) in [6.07, 6.45) is 0. The second-order valence-electron chi connectivity index (χ2n) is 4.32. The maximum Gasteiger partial charge on any atom is 0.162 e. The zero-order valence-corrected chi connectivity index (χ0v) is 12.2. The van der Waals surface area contributed by atoms with Gasteiger partial charge in [-0.05, 0) is 35.9 Å². The van der Waals surface area contributed by atoms with E-state index in [-0.39, 0.29) is 6.61 Å². The van der Waals surface area contributed by atoms with Gasteiger partial charge in [-0.1, -0.05) is 29.4 Å². The Kier molecular flexibility index (Phi) is 4.05. The summed E-state index contributed by atoms with van der Waals surface area (Å²) < 4.78 is 11.1. The van der Waals surface area contributed by atoms with Gasteiger partial charge in [0.05, 0.1) is 6.61 Å². The van der Waals surface area contributed by atoms with Gasteiger partial charge in [0.1, 0.15) is 13.2 Å². The molecule has 0 unspecified atom stereocenters. The molecule has 20 heavy (non-hydrogen) atoms. The van der Waals surface area contributed by atoms with Crippen LogP contribution in [0.4, 0.5) is 0 Å². The first-order valence-corrected chi connectivity index (χ1v) is 7.42. The van der Waals surface area contributed by atoms with Crippen molar-refractivity contribution >= 4 is 23.4 Å². The van der Waals surface area contributed by atoms with Crippen LogP contribution in [0.3, 0.4) is 0 Å². The third-order valence-corrected chi connectivity index (χ3v) is 4.28. The molecule has 3 rings (SSSR count). The minimum absolute atomic E-state index is 0.0478. The topological polar surface area (TPSA) is 38.7 Å². The molecule has 1 heterocycles. The molecule has 0 spiro atoms. The van der Waals surface area contributed by atoms with Crippen LogP contribution in [-0.2, 0) is 6.61 Å². The van der Waals surface area contributed by atoms with Crippen LogP contribution in [-0.4, -0.2) is 18.3 Å². The molecule has 5 heteroatoms. The van der Waals surface area contributed by atoms with Gasteiger partial charge in [0.2, 0.25) is 0 Å². The largest absolute Gasteiger partial charge is 0.486 e. The first-order valence-electron chi connectivity index (χ1n) is 6.23. The molecule has 0 aromatic heterocycles. The predicted octanol–water partition coefficient (Wildman–Crippen LogP) is 3.75. The monoisotopic (exact) mass is 308 g/mol. The van der Waals surface area contributed by atoms with E-state index in [1.165, 1.54) is 0 Å². The molecule has 0 amide bonds. The van der Waals surface area contributed by atoms with Gasteiger partial charge in [-0.2, -0.15) is 0 Å². The lowest BCUT2D eigenvalue weighted by atomic mass is 10.2. The molecule has 0 aliphatic carbocycles. The highest BCUT2D eigenvalue weighted by molar-refractivity contribution is 7.99. The molecule has 0 saturated heterocycles. The second-order valence-corrected chi connectivity index (χ2v) is 5.87. The van der Waals surface area contributed by atoms with Crippen LogP contribution in [0.5, 0.6) is 11.5 Å². The molecule has 0 bridgehead atoms. The number of hydrogen-bond donors (Lipinski definition) is 1. The smallest absolute Gasteiger partial charge is 0.162 e. The lowest BCUT2D eigenvalue weighted by Crippen LogP contribution is -2.15. The summed E-state index contributed by atoms with van der Waals surface area (Å²) in [6, 6.07) is 11.5. The highest BCUT2D eigenvalue weighted by atomic mass is 35.5. The van der Waals surface area contributed by atoms with Crippen LogP contribution >= 0.6 is 23.4 Å². The Morgan fingerprint density at radius 3 is 2.45 bits per heavy atom. The fourth-order valence-corrected chi connectivity index (χ4v) is 3.14. The van der Waals surface area contributed by atoms with Crippen LogP contribution in [0.25, 0.3) is 0 Å².